The molecule has 3 N–H and O–H groups in total. The molecule has 0 amide bonds. The van der Waals surface area contributed by atoms with Crippen LogP contribution < -0.4 is 0 Å². The van der Waals surface area contributed by atoms with E-state index in [0.717, 1.165) is 25.3 Å². The molecule has 0 unspecified atom stereocenters. The Morgan fingerprint density at radius 1 is 0.963 bits per heavy atom. The number of carbonyl (C=O) groups is 1. The van der Waals surface area contributed by atoms with Crippen LogP contribution in [0.4, 0.5) is 5.69 Å². The average Bonchev–Trinajstić information content (AvgIpc) is 2.61. The lowest BCUT2D eigenvalue weighted by Gasteiger charge is -2.09. The van der Waals surface area contributed by atoms with Crippen LogP contribution in [0.25, 0.3) is 0 Å². The van der Waals surface area contributed by atoms with Gasteiger partial charge in [0.15, 0.2) is 17.1 Å². The number of nitro groups is 1. The van der Waals surface area contributed by atoms with E-state index in [9.17, 15) is 25.1 Å². The number of aromatic carboxylic acids is 1. The number of benzene rings is 1. The van der Waals surface area contributed by atoms with Crippen molar-refractivity contribution in [3.63, 3.8) is 0 Å². The molecule has 1 aromatic rings. The van der Waals surface area contributed by atoms with Crippen molar-refractivity contribution in [1.82, 2.24) is 0 Å². The third-order valence-corrected chi connectivity index (χ3v) is 4.78. The van der Waals surface area contributed by atoms with E-state index in [2.05, 4.69) is 6.92 Å². The maximum atomic E-state index is 11.3. The molecule has 0 saturated heterocycles. The first kappa shape index (κ1) is 22.7. The third-order valence-electron chi connectivity index (χ3n) is 4.78. The molecule has 0 fully saturated rings. The molecule has 27 heavy (non-hydrogen) atoms. The van der Waals surface area contributed by atoms with Gasteiger partial charge < -0.3 is 15.3 Å². The molecular weight excluding hydrogens is 350 g/mol. The monoisotopic (exact) mass is 381 g/mol. The predicted octanol–water partition coefficient (Wildman–Crippen LogP) is 5.56. The molecule has 7 nitrogen and oxygen atoms in total. The maximum Gasteiger partial charge on any atom is 0.346 e. The number of hydrogen-bond acceptors (Lipinski definition) is 5. The summed E-state index contributed by atoms with van der Waals surface area (Å²) in [6, 6.07) is 1.09. The lowest BCUT2D eigenvalue weighted by Crippen LogP contribution is -2.07. The van der Waals surface area contributed by atoms with Crippen LogP contribution in [0, 0.1) is 10.1 Å². The van der Waals surface area contributed by atoms with Gasteiger partial charge in [0.2, 0.25) is 0 Å². The molecule has 1 rings (SSSR count). The number of hydrogen-bond donors (Lipinski definition) is 3. The van der Waals surface area contributed by atoms with Crippen molar-refractivity contribution in [1.29, 1.82) is 0 Å². The largest absolute Gasteiger partial charge is 0.504 e. The van der Waals surface area contributed by atoms with Crippen molar-refractivity contribution < 1.29 is 25.0 Å². The summed E-state index contributed by atoms with van der Waals surface area (Å²) >= 11 is 0. The van der Waals surface area contributed by atoms with Gasteiger partial charge in [0, 0.05) is 5.56 Å². The van der Waals surface area contributed by atoms with Gasteiger partial charge in [0.1, 0.15) is 0 Å². The Bertz CT molecular complexity index is 629. The van der Waals surface area contributed by atoms with Crippen LogP contribution in [0.2, 0.25) is 0 Å². The molecule has 0 saturated carbocycles. The zero-order valence-corrected chi connectivity index (χ0v) is 16.1. The number of phenolic OH excluding ortho intramolecular Hbond substituents is 1. The van der Waals surface area contributed by atoms with E-state index in [-0.39, 0.29) is 5.56 Å². The summed E-state index contributed by atoms with van der Waals surface area (Å²) in [5, 5.41) is 39.7. The van der Waals surface area contributed by atoms with E-state index in [4.69, 9.17) is 5.11 Å². The summed E-state index contributed by atoms with van der Waals surface area (Å²) in [4.78, 5) is 21.7. The summed E-state index contributed by atoms with van der Waals surface area (Å²) in [5.41, 5.74) is -1.34. The number of aryl methyl sites for hydroxylation is 1. The van der Waals surface area contributed by atoms with Gasteiger partial charge >= 0.3 is 5.97 Å². The smallest absolute Gasteiger partial charge is 0.346 e. The summed E-state index contributed by atoms with van der Waals surface area (Å²) in [7, 11) is 0. The van der Waals surface area contributed by atoms with Gasteiger partial charge in [-0.15, -0.1) is 0 Å². The van der Waals surface area contributed by atoms with Crippen molar-refractivity contribution in [2.45, 2.75) is 84.0 Å². The summed E-state index contributed by atoms with van der Waals surface area (Å²) in [6.45, 7) is 2.20. The molecule has 152 valence electrons. The number of unbranched alkanes of at least 4 members (excludes halogenated alkanes) is 10. The van der Waals surface area contributed by atoms with Gasteiger partial charge in [0.25, 0.3) is 5.69 Å². The topological polar surface area (TPSA) is 121 Å². The summed E-state index contributed by atoms with van der Waals surface area (Å²) in [6.07, 6.45) is 12.9. The SMILES string of the molecule is CCCCCCCCCCCCCc1cc(O)c(O)c(C(=O)O)c1[N+](=O)[O-]. The number of carboxylic acids is 1. The molecule has 0 aromatic heterocycles. The second-order valence-corrected chi connectivity index (χ2v) is 6.97. The van der Waals surface area contributed by atoms with E-state index >= 15 is 0 Å². The number of nitrogens with zero attached hydrogens (tertiary/aromatic N) is 1. The molecule has 0 aliphatic heterocycles. The lowest BCUT2D eigenvalue weighted by atomic mass is 9.99. The van der Waals surface area contributed by atoms with Crippen LogP contribution in [-0.2, 0) is 6.42 Å². The number of carboxylic acid groups (broad SMARTS) is 1. The van der Waals surface area contributed by atoms with Crippen molar-refractivity contribution in [2.75, 3.05) is 0 Å². The van der Waals surface area contributed by atoms with Gasteiger partial charge in [-0.25, -0.2) is 4.79 Å². The minimum atomic E-state index is -1.63. The quantitative estimate of drug-likeness (QED) is 0.168. The average molecular weight is 381 g/mol. The Labute approximate surface area is 160 Å². The standard InChI is InChI=1S/C20H31NO6/c1-2-3-4-5-6-7-8-9-10-11-12-13-15-14-16(22)19(23)17(20(24)25)18(15)21(26)27/h14,22-23H,2-13H2,1H3,(H,24,25). The Morgan fingerprint density at radius 3 is 1.89 bits per heavy atom. The van der Waals surface area contributed by atoms with Crippen LogP contribution in [0.1, 0.15) is 93.5 Å². The Balaban J connectivity index is 2.45. The van der Waals surface area contributed by atoms with E-state index in [0.29, 0.717) is 12.8 Å². The number of rotatable bonds is 14. The lowest BCUT2D eigenvalue weighted by molar-refractivity contribution is -0.386. The molecule has 1 aromatic carbocycles. The van der Waals surface area contributed by atoms with Gasteiger partial charge in [-0.3, -0.25) is 10.1 Å². The van der Waals surface area contributed by atoms with Gasteiger partial charge in [-0.2, -0.15) is 0 Å². The first-order valence-electron chi connectivity index (χ1n) is 9.85. The second kappa shape index (κ2) is 12.1. The molecule has 0 bridgehead atoms. The Kier molecular flexibility index (Phi) is 10.2. The Morgan fingerprint density at radius 2 is 1.44 bits per heavy atom. The van der Waals surface area contributed by atoms with Gasteiger partial charge in [-0.05, 0) is 18.9 Å². The molecule has 0 spiro atoms. The Hall–Kier alpha value is -2.31. The fraction of sp³-hybridized carbons (Fsp3) is 0.650. The predicted molar refractivity (Wildman–Crippen MR) is 104 cm³/mol. The minimum Gasteiger partial charge on any atom is -0.504 e. The van der Waals surface area contributed by atoms with Crippen LogP contribution >= 0.6 is 0 Å². The molecule has 0 atom stereocenters. The van der Waals surface area contributed by atoms with Crippen LogP contribution in [-0.4, -0.2) is 26.2 Å². The first-order chi connectivity index (χ1) is 12.9. The van der Waals surface area contributed by atoms with Crippen molar-refractivity contribution >= 4 is 11.7 Å². The van der Waals surface area contributed by atoms with Crippen LogP contribution in [0.15, 0.2) is 6.07 Å². The van der Waals surface area contributed by atoms with Crippen molar-refractivity contribution in [3.8, 4) is 11.5 Å². The number of aromatic hydroxyl groups is 2. The fourth-order valence-corrected chi connectivity index (χ4v) is 3.28. The zero-order valence-electron chi connectivity index (χ0n) is 16.1. The molecular formula is C20H31NO6. The molecule has 0 aliphatic carbocycles. The maximum absolute atomic E-state index is 11.3. The van der Waals surface area contributed by atoms with E-state index in [1.807, 2.05) is 0 Å². The third kappa shape index (κ3) is 7.45. The van der Waals surface area contributed by atoms with Gasteiger partial charge in [0.05, 0.1) is 4.92 Å². The number of phenols is 2. The molecule has 0 aliphatic rings. The highest BCUT2D eigenvalue weighted by Gasteiger charge is 2.30. The van der Waals surface area contributed by atoms with E-state index in [1.54, 1.807) is 0 Å². The highest BCUT2D eigenvalue weighted by atomic mass is 16.6. The first-order valence-corrected chi connectivity index (χ1v) is 9.85. The number of nitro benzene ring substituents is 1. The summed E-state index contributed by atoms with van der Waals surface area (Å²) < 4.78 is 0. The highest BCUT2D eigenvalue weighted by molar-refractivity contribution is 5.97. The van der Waals surface area contributed by atoms with Crippen molar-refractivity contribution in [2.24, 2.45) is 0 Å². The highest BCUT2D eigenvalue weighted by Crippen LogP contribution is 2.39. The van der Waals surface area contributed by atoms with E-state index in [1.165, 1.54) is 44.9 Å². The molecule has 7 heteroatoms. The minimum absolute atomic E-state index is 0.142. The van der Waals surface area contributed by atoms with Crippen LogP contribution in [0.3, 0.4) is 0 Å². The van der Waals surface area contributed by atoms with Gasteiger partial charge in [-0.1, -0.05) is 71.1 Å². The summed E-state index contributed by atoms with van der Waals surface area (Å²) in [5.74, 6) is -3.23. The van der Waals surface area contributed by atoms with Crippen LogP contribution in [0.5, 0.6) is 11.5 Å². The van der Waals surface area contributed by atoms with Crippen molar-refractivity contribution in [3.05, 3.63) is 27.3 Å². The fourth-order valence-electron chi connectivity index (χ4n) is 3.28. The second-order valence-electron chi connectivity index (χ2n) is 6.97. The zero-order chi connectivity index (χ0) is 20.2. The molecule has 0 radical (unpaired) electrons. The molecule has 0 heterocycles. The normalized spacial score (nSPS) is 10.9. The van der Waals surface area contributed by atoms with E-state index < -0.39 is 33.6 Å².